The molecule has 1 aromatic carbocycles. The van der Waals surface area contributed by atoms with Gasteiger partial charge in [-0.2, -0.15) is 0 Å². The van der Waals surface area contributed by atoms with Gasteiger partial charge in [0.2, 0.25) is 0 Å². The molecule has 94 valence electrons. The molecule has 0 bridgehead atoms. The highest BCUT2D eigenvalue weighted by molar-refractivity contribution is 5.94. The van der Waals surface area contributed by atoms with Crippen LogP contribution in [0.4, 0.5) is 0 Å². The van der Waals surface area contributed by atoms with E-state index in [0.29, 0.717) is 5.56 Å². The van der Waals surface area contributed by atoms with Crippen molar-refractivity contribution in [2.45, 2.75) is 39.7 Å². The zero-order chi connectivity index (χ0) is 13.2. The average Bonchev–Trinajstić information content (AvgIpc) is 2.30. The number of aromatic hydroxyl groups is 1. The number of rotatable bonds is 3. The molecule has 0 unspecified atom stereocenters. The van der Waals surface area contributed by atoms with E-state index in [1.165, 1.54) is 0 Å². The van der Waals surface area contributed by atoms with Crippen molar-refractivity contribution >= 4 is 5.91 Å². The van der Waals surface area contributed by atoms with E-state index >= 15 is 0 Å². The van der Waals surface area contributed by atoms with Crippen molar-refractivity contribution in [2.75, 3.05) is 7.05 Å². The lowest BCUT2D eigenvalue weighted by Gasteiger charge is -2.35. The summed E-state index contributed by atoms with van der Waals surface area (Å²) < 4.78 is 0. The van der Waals surface area contributed by atoms with Crippen LogP contribution in [0.2, 0.25) is 0 Å². The van der Waals surface area contributed by atoms with Crippen molar-refractivity contribution in [3.63, 3.8) is 0 Å². The van der Waals surface area contributed by atoms with Gasteiger partial charge in [-0.1, -0.05) is 6.92 Å². The molecule has 0 saturated heterocycles. The highest BCUT2D eigenvalue weighted by Gasteiger charge is 2.26. The Hall–Kier alpha value is -1.51. The number of carbonyl (C=O) groups excluding carboxylic acids is 1. The summed E-state index contributed by atoms with van der Waals surface area (Å²) in [5.74, 6) is 0.207. The maximum absolute atomic E-state index is 12.3. The molecule has 17 heavy (non-hydrogen) atoms. The summed E-state index contributed by atoms with van der Waals surface area (Å²) in [5.41, 5.74) is 1.17. The van der Waals surface area contributed by atoms with Gasteiger partial charge in [-0.3, -0.25) is 4.79 Å². The van der Waals surface area contributed by atoms with Crippen molar-refractivity contribution < 1.29 is 9.90 Å². The summed E-state index contributed by atoms with van der Waals surface area (Å²) in [6.45, 7) is 7.93. The highest BCUT2D eigenvalue weighted by Crippen LogP contribution is 2.22. The molecule has 0 aliphatic heterocycles. The second-order valence-electron chi connectivity index (χ2n) is 5.03. The van der Waals surface area contributed by atoms with Gasteiger partial charge >= 0.3 is 0 Å². The van der Waals surface area contributed by atoms with Crippen molar-refractivity contribution in [2.24, 2.45) is 0 Å². The second-order valence-corrected chi connectivity index (χ2v) is 5.03. The Morgan fingerprint density at radius 3 is 2.47 bits per heavy atom. The number of aryl methyl sites for hydroxylation is 1. The minimum absolute atomic E-state index is 0.0139. The Bertz CT molecular complexity index is 424. The number of hydrogen-bond donors (Lipinski definition) is 1. The van der Waals surface area contributed by atoms with E-state index in [1.807, 2.05) is 20.9 Å². The smallest absolute Gasteiger partial charge is 0.254 e. The quantitative estimate of drug-likeness (QED) is 0.875. The highest BCUT2D eigenvalue weighted by atomic mass is 16.3. The third kappa shape index (κ3) is 2.78. The minimum atomic E-state index is -0.164. The molecule has 1 aromatic rings. The fourth-order valence-electron chi connectivity index (χ4n) is 1.49. The van der Waals surface area contributed by atoms with E-state index in [1.54, 1.807) is 30.0 Å². The largest absolute Gasteiger partial charge is 0.508 e. The molecule has 0 fully saturated rings. The van der Waals surface area contributed by atoms with Gasteiger partial charge in [0, 0.05) is 18.2 Å². The first kappa shape index (κ1) is 13.6. The standard InChI is InChI=1S/C14H21NO2/c1-6-14(3,4)15(5)13(17)11-7-8-12(16)10(2)9-11/h7-9,16H,6H2,1-5H3. The number of phenolic OH excluding ortho intramolecular Hbond substituents is 1. The predicted molar refractivity (Wildman–Crippen MR) is 69.3 cm³/mol. The Balaban J connectivity index is 3.01. The van der Waals surface area contributed by atoms with Crippen molar-refractivity contribution in [3.05, 3.63) is 29.3 Å². The van der Waals surface area contributed by atoms with Gasteiger partial charge < -0.3 is 10.0 Å². The molecule has 0 spiro atoms. The molecule has 0 aliphatic carbocycles. The maximum Gasteiger partial charge on any atom is 0.254 e. The normalized spacial score (nSPS) is 11.4. The van der Waals surface area contributed by atoms with Gasteiger partial charge in [0.05, 0.1) is 0 Å². The van der Waals surface area contributed by atoms with Crippen LogP contribution in [0.25, 0.3) is 0 Å². The van der Waals surface area contributed by atoms with Crippen LogP contribution in [0.1, 0.15) is 43.1 Å². The molecule has 0 saturated carbocycles. The zero-order valence-electron chi connectivity index (χ0n) is 11.2. The predicted octanol–water partition coefficient (Wildman–Crippen LogP) is 2.96. The van der Waals surface area contributed by atoms with E-state index in [4.69, 9.17) is 0 Å². The molecule has 3 nitrogen and oxygen atoms in total. The van der Waals surface area contributed by atoms with E-state index in [-0.39, 0.29) is 17.2 Å². The number of hydrogen-bond acceptors (Lipinski definition) is 2. The molecule has 0 aliphatic rings. The topological polar surface area (TPSA) is 40.5 Å². The first-order valence-corrected chi connectivity index (χ1v) is 5.87. The number of phenols is 1. The Labute approximate surface area is 103 Å². The first-order chi connectivity index (χ1) is 7.79. The van der Waals surface area contributed by atoms with Crippen LogP contribution in [-0.4, -0.2) is 28.5 Å². The number of carbonyl (C=O) groups is 1. The van der Waals surface area contributed by atoms with Crippen molar-refractivity contribution in [3.8, 4) is 5.75 Å². The molecule has 1 N–H and O–H groups in total. The summed E-state index contributed by atoms with van der Waals surface area (Å²) >= 11 is 0. The van der Waals surface area contributed by atoms with Crippen LogP contribution >= 0.6 is 0 Å². The van der Waals surface area contributed by atoms with Gasteiger partial charge in [-0.15, -0.1) is 0 Å². The Kier molecular flexibility index (Phi) is 3.81. The molecule has 0 radical (unpaired) electrons. The summed E-state index contributed by atoms with van der Waals surface area (Å²) in [6, 6.07) is 4.95. The zero-order valence-corrected chi connectivity index (χ0v) is 11.2. The lowest BCUT2D eigenvalue weighted by atomic mass is 9.98. The van der Waals surface area contributed by atoms with Crippen LogP contribution in [0.15, 0.2) is 18.2 Å². The second kappa shape index (κ2) is 4.78. The van der Waals surface area contributed by atoms with Crippen LogP contribution in [0.5, 0.6) is 5.75 Å². The summed E-state index contributed by atoms with van der Waals surface area (Å²) in [4.78, 5) is 14.0. The SMILES string of the molecule is CCC(C)(C)N(C)C(=O)c1ccc(O)c(C)c1. The first-order valence-electron chi connectivity index (χ1n) is 5.87. The molecule has 1 amide bonds. The molecule has 0 heterocycles. The molecule has 0 aromatic heterocycles. The van der Waals surface area contributed by atoms with E-state index < -0.39 is 0 Å². The monoisotopic (exact) mass is 235 g/mol. The molecule has 3 heteroatoms. The molecule has 0 atom stereocenters. The number of nitrogens with zero attached hydrogens (tertiary/aromatic N) is 1. The van der Waals surface area contributed by atoms with Crippen LogP contribution in [-0.2, 0) is 0 Å². The molecular weight excluding hydrogens is 214 g/mol. The van der Waals surface area contributed by atoms with Crippen LogP contribution in [0.3, 0.4) is 0 Å². The Morgan fingerprint density at radius 1 is 1.41 bits per heavy atom. The summed E-state index contributed by atoms with van der Waals surface area (Å²) in [5, 5.41) is 9.45. The lowest BCUT2D eigenvalue weighted by molar-refractivity contribution is 0.0620. The number of benzene rings is 1. The lowest BCUT2D eigenvalue weighted by Crippen LogP contribution is -2.44. The fourth-order valence-corrected chi connectivity index (χ4v) is 1.49. The van der Waals surface area contributed by atoms with Crippen LogP contribution in [0, 0.1) is 6.92 Å². The van der Waals surface area contributed by atoms with Crippen LogP contribution < -0.4 is 0 Å². The molecular formula is C14H21NO2. The van der Waals surface area contributed by atoms with Crippen molar-refractivity contribution in [1.29, 1.82) is 0 Å². The van der Waals surface area contributed by atoms with Gasteiger partial charge in [0.1, 0.15) is 5.75 Å². The van der Waals surface area contributed by atoms with Gasteiger partial charge in [-0.05, 0) is 51.0 Å². The third-order valence-electron chi connectivity index (χ3n) is 3.52. The van der Waals surface area contributed by atoms with E-state index in [0.717, 1.165) is 12.0 Å². The van der Waals surface area contributed by atoms with Gasteiger partial charge in [-0.25, -0.2) is 0 Å². The Morgan fingerprint density at radius 2 is 2.00 bits per heavy atom. The third-order valence-corrected chi connectivity index (χ3v) is 3.52. The van der Waals surface area contributed by atoms with Crippen molar-refractivity contribution in [1.82, 2.24) is 4.90 Å². The van der Waals surface area contributed by atoms with Gasteiger partial charge in [0.15, 0.2) is 0 Å². The minimum Gasteiger partial charge on any atom is -0.508 e. The average molecular weight is 235 g/mol. The maximum atomic E-state index is 12.3. The molecule has 1 rings (SSSR count). The fraction of sp³-hybridized carbons (Fsp3) is 0.500. The van der Waals surface area contributed by atoms with Gasteiger partial charge in [0.25, 0.3) is 5.91 Å². The van der Waals surface area contributed by atoms with E-state index in [9.17, 15) is 9.90 Å². The summed E-state index contributed by atoms with van der Waals surface area (Å²) in [7, 11) is 1.81. The van der Waals surface area contributed by atoms with E-state index in [2.05, 4.69) is 6.92 Å². The summed E-state index contributed by atoms with van der Waals surface area (Å²) in [6.07, 6.45) is 0.895. The number of amides is 1.